The van der Waals surface area contributed by atoms with Gasteiger partial charge >= 0.3 is 6.18 Å². The molecule has 172 valence electrons. The third-order valence-corrected chi connectivity index (χ3v) is 4.56. The van der Waals surface area contributed by atoms with Gasteiger partial charge in [0.15, 0.2) is 5.69 Å². The predicted molar refractivity (Wildman–Crippen MR) is 112 cm³/mol. The van der Waals surface area contributed by atoms with Gasteiger partial charge in [0, 0.05) is 24.5 Å². The summed E-state index contributed by atoms with van der Waals surface area (Å²) in [6.07, 6.45) is -4.59. The lowest BCUT2D eigenvalue weighted by Gasteiger charge is -2.18. The second kappa shape index (κ2) is 9.23. The minimum Gasteiger partial charge on any atom is -0.331 e. The molecular weight excluding hydrogens is 444 g/mol. The summed E-state index contributed by atoms with van der Waals surface area (Å²) in [7, 11) is 1.25. The third-order valence-electron chi connectivity index (χ3n) is 4.56. The predicted octanol–water partition coefficient (Wildman–Crippen LogP) is 3.41. The summed E-state index contributed by atoms with van der Waals surface area (Å²) in [4.78, 5) is 38.2. The summed E-state index contributed by atoms with van der Waals surface area (Å²) >= 11 is 0. The average molecular weight is 462 g/mol. The quantitative estimate of drug-likeness (QED) is 0.589. The molecule has 3 aromatic rings. The van der Waals surface area contributed by atoms with Crippen molar-refractivity contribution in [2.24, 2.45) is 0 Å². The Hall–Kier alpha value is -4.02. The fourth-order valence-corrected chi connectivity index (χ4v) is 3.01. The first-order chi connectivity index (χ1) is 15.5. The molecule has 0 saturated carbocycles. The van der Waals surface area contributed by atoms with Gasteiger partial charge in [-0.05, 0) is 43.3 Å². The number of rotatable bonds is 5. The van der Waals surface area contributed by atoms with E-state index in [0.29, 0.717) is 0 Å². The van der Waals surface area contributed by atoms with E-state index < -0.39 is 47.0 Å². The van der Waals surface area contributed by atoms with Gasteiger partial charge in [0.25, 0.3) is 5.91 Å². The second-order valence-electron chi connectivity index (χ2n) is 7.18. The number of amides is 2. The molecule has 0 unspecified atom stereocenters. The van der Waals surface area contributed by atoms with Crippen molar-refractivity contribution >= 4 is 17.5 Å². The van der Waals surface area contributed by atoms with Gasteiger partial charge in [-0.1, -0.05) is 12.1 Å². The van der Waals surface area contributed by atoms with E-state index >= 15 is 0 Å². The zero-order valence-electron chi connectivity index (χ0n) is 17.5. The summed E-state index contributed by atoms with van der Waals surface area (Å²) in [5.74, 6) is -2.12. The van der Waals surface area contributed by atoms with Crippen molar-refractivity contribution in [2.45, 2.75) is 13.1 Å². The molecule has 0 bridgehead atoms. The smallest absolute Gasteiger partial charge is 0.331 e. The number of carbonyl (C=O) groups is 2. The molecule has 33 heavy (non-hydrogen) atoms. The first-order valence-electron chi connectivity index (χ1n) is 9.55. The Labute approximate surface area is 185 Å². The van der Waals surface area contributed by atoms with E-state index in [2.05, 4.69) is 10.4 Å². The molecule has 0 aliphatic rings. The minimum absolute atomic E-state index is 0.00266. The van der Waals surface area contributed by atoms with Gasteiger partial charge in [0.05, 0.1) is 17.8 Å². The number of halogens is 4. The van der Waals surface area contributed by atoms with Crippen LogP contribution in [0.15, 0.2) is 59.4 Å². The molecule has 0 saturated heterocycles. The molecule has 1 N–H and O–H groups in total. The number of hydrogen-bond donors (Lipinski definition) is 1. The van der Waals surface area contributed by atoms with Gasteiger partial charge in [-0.2, -0.15) is 18.3 Å². The van der Waals surface area contributed by atoms with Crippen LogP contribution >= 0.6 is 0 Å². The standard InChI is InChI=1S/C22H18F4N4O3/c1-13-9-18(31)20(28-30(13)17-8-3-5-14(10-17)22(24,25)26)21(33)29(2)12-19(32)27-16-7-4-6-15(23)11-16/h3-11H,12H2,1-2H3,(H,27,32). The normalized spacial score (nSPS) is 11.2. The lowest BCUT2D eigenvalue weighted by molar-refractivity contribution is -0.137. The molecule has 7 nitrogen and oxygen atoms in total. The van der Waals surface area contributed by atoms with E-state index in [9.17, 15) is 31.9 Å². The van der Waals surface area contributed by atoms with Crippen molar-refractivity contribution in [3.63, 3.8) is 0 Å². The highest BCUT2D eigenvalue weighted by molar-refractivity contribution is 5.98. The Morgan fingerprint density at radius 3 is 2.45 bits per heavy atom. The van der Waals surface area contributed by atoms with E-state index in [1.807, 2.05) is 0 Å². The highest BCUT2D eigenvalue weighted by Crippen LogP contribution is 2.30. The van der Waals surface area contributed by atoms with Crippen molar-refractivity contribution in [3.05, 3.63) is 87.6 Å². The van der Waals surface area contributed by atoms with Gasteiger partial charge in [-0.15, -0.1) is 0 Å². The molecule has 0 aliphatic carbocycles. The molecule has 0 atom stereocenters. The first kappa shape index (κ1) is 23.6. The zero-order chi connectivity index (χ0) is 24.3. The Kier molecular flexibility index (Phi) is 6.61. The van der Waals surface area contributed by atoms with Crippen LogP contribution in [0.2, 0.25) is 0 Å². The molecule has 1 aromatic heterocycles. The maximum absolute atomic E-state index is 13.3. The van der Waals surface area contributed by atoms with Crippen LogP contribution in [0.25, 0.3) is 5.69 Å². The van der Waals surface area contributed by atoms with E-state index in [-0.39, 0.29) is 17.1 Å². The van der Waals surface area contributed by atoms with E-state index in [1.54, 1.807) is 0 Å². The first-order valence-corrected chi connectivity index (χ1v) is 9.55. The lowest BCUT2D eigenvalue weighted by atomic mass is 10.2. The second-order valence-corrected chi connectivity index (χ2v) is 7.18. The number of likely N-dealkylation sites (N-methyl/N-ethyl adjacent to an activating group) is 1. The van der Waals surface area contributed by atoms with Crippen LogP contribution in [0.1, 0.15) is 21.7 Å². The van der Waals surface area contributed by atoms with Crippen LogP contribution in [0.4, 0.5) is 23.2 Å². The number of benzene rings is 2. The highest BCUT2D eigenvalue weighted by atomic mass is 19.4. The molecule has 0 aliphatic heterocycles. The minimum atomic E-state index is -4.59. The van der Waals surface area contributed by atoms with Crippen LogP contribution in [0.3, 0.4) is 0 Å². The van der Waals surface area contributed by atoms with Crippen LogP contribution in [-0.2, 0) is 11.0 Å². The molecule has 2 aromatic carbocycles. The maximum Gasteiger partial charge on any atom is 0.416 e. The van der Waals surface area contributed by atoms with E-state index in [4.69, 9.17) is 0 Å². The zero-order valence-corrected chi connectivity index (χ0v) is 17.5. The summed E-state index contributed by atoms with van der Waals surface area (Å²) in [6.45, 7) is 0.979. The average Bonchev–Trinajstić information content (AvgIpc) is 2.72. The number of carbonyl (C=O) groups excluding carboxylic acids is 2. The Morgan fingerprint density at radius 1 is 1.09 bits per heavy atom. The van der Waals surface area contributed by atoms with Gasteiger partial charge in [-0.25, -0.2) is 9.07 Å². The van der Waals surface area contributed by atoms with Gasteiger partial charge in [0.2, 0.25) is 11.3 Å². The number of aromatic nitrogens is 2. The lowest BCUT2D eigenvalue weighted by Crippen LogP contribution is -2.38. The molecule has 0 spiro atoms. The molecule has 3 rings (SSSR count). The number of aryl methyl sites for hydroxylation is 1. The SMILES string of the molecule is Cc1cc(=O)c(C(=O)N(C)CC(=O)Nc2cccc(F)c2)nn1-c1cccc(C(F)(F)F)c1. The van der Waals surface area contributed by atoms with Crippen molar-refractivity contribution in [1.29, 1.82) is 0 Å². The number of nitrogens with one attached hydrogen (secondary N) is 1. The molecule has 2 amide bonds. The van der Waals surface area contributed by atoms with Crippen LogP contribution < -0.4 is 10.7 Å². The number of hydrogen-bond acceptors (Lipinski definition) is 4. The van der Waals surface area contributed by atoms with Gasteiger partial charge in [0.1, 0.15) is 5.82 Å². The third kappa shape index (κ3) is 5.62. The number of anilines is 1. The monoisotopic (exact) mass is 462 g/mol. The topological polar surface area (TPSA) is 84.3 Å². The van der Waals surface area contributed by atoms with Crippen LogP contribution in [0, 0.1) is 12.7 Å². The van der Waals surface area contributed by atoms with Crippen molar-refractivity contribution in [2.75, 3.05) is 18.9 Å². The maximum atomic E-state index is 13.3. The summed E-state index contributed by atoms with van der Waals surface area (Å²) in [6, 6.07) is 10.5. The van der Waals surface area contributed by atoms with Crippen molar-refractivity contribution < 1.29 is 27.2 Å². The Balaban J connectivity index is 1.85. The molecule has 0 radical (unpaired) electrons. The van der Waals surface area contributed by atoms with E-state index in [0.717, 1.165) is 33.8 Å². The summed E-state index contributed by atoms with van der Waals surface area (Å²) in [5.41, 5.74) is -1.84. The fraction of sp³-hybridized carbons (Fsp3) is 0.182. The van der Waals surface area contributed by atoms with Gasteiger partial charge in [-0.3, -0.25) is 14.4 Å². The fourth-order valence-electron chi connectivity index (χ4n) is 3.01. The van der Waals surface area contributed by atoms with Crippen molar-refractivity contribution in [3.8, 4) is 5.69 Å². The van der Waals surface area contributed by atoms with Crippen LogP contribution in [-0.4, -0.2) is 40.1 Å². The number of alkyl halides is 3. The van der Waals surface area contributed by atoms with E-state index in [1.165, 1.54) is 44.3 Å². The largest absolute Gasteiger partial charge is 0.416 e. The summed E-state index contributed by atoms with van der Waals surface area (Å²) < 4.78 is 53.5. The molecule has 11 heteroatoms. The Bertz CT molecular complexity index is 1270. The van der Waals surface area contributed by atoms with Crippen molar-refractivity contribution in [1.82, 2.24) is 14.7 Å². The number of nitrogens with zero attached hydrogens (tertiary/aromatic N) is 3. The van der Waals surface area contributed by atoms with Gasteiger partial charge < -0.3 is 10.2 Å². The molecular formula is C22H18F4N4O3. The molecule has 0 fully saturated rings. The Morgan fingerprint density at radius 2 is 1.79 bits per heavy atom. The highest BCUT2D eigenvalue weighted by Gasteiger charge is 2.31. The van der Waals surface area contributed by atoms with Crippen LogP contribution in [0.5, 0.6) is 0 Å². The molecule has 1 heterocycles. The summed E-state index contributed by atoms with van der Waals surface area (Å²) in [5, 5.41) is 6.37.